The molecular weight excluding hydrogens is 534 g/mol. The van der Waals surface area contributed by atoms with Gasteiger partial charge in [-0.15, -0.1) is 0 Å². The first-order valence-corrected chi connectivity index (χ1v) is 12.9. The zero-order valence-corrected chi connectivity index (χ0v) is 25.6. The largest absolute Gasteiger partial charge is 0.463 e. The first kappa shape index (κ1) is 36.6. The number of rotatable bonds is 19. The van der Waals surface area contributed by atoms with E-state index in [1.165, 1.54) is 42.3 Å². The lowest BCUT2D eigenvalue weighted by Crippen LogP contribution is -2.65. The molecule has 0 bridgehead atoms. The molecular formula is C26H49NO13. The zero-order valence-electron chi connectivity index (χ0n) is 25.6. The second kappa shape index (κ2) is 18.9. The molecule has 0 aliphatic carbocycles. The summed E-state index contributed by atoms with van der Waals surface area (Å²) in [5.41, 5.74) is 0. The Morgan fingerprint density at radius 3 is 1.75 bits per heavy atom. The van der Waals surface area contributed by atoms with Gasteiger partial charge in [-0.05, 0) is 14.1 Å². The summed E-state index contributed by atoms with van der Waals surface area (Å²) in [5.74, 6) is -1.05. The lowest BCUT2D eigenvalue weighted by molar-refractivity contribution is -0.299. The van der Waals surface area contributed by atoms with E-state index in [9.17, 15) is 9.59 Å². The van der Waals surface area contributed by atoms with Crippen molar-refractivity contribution in [3.8, 4) is 0 Å². The summed E-state index contributed by atoms with van der Waals surface area (Å²) in [5, 5.41) is 0. The first-order valence-electron chi connectivity index (χ1n) is 12.9. The third kappa shape index (κ3) is 10.1. The molecule has 1 rings (SSSR count). The molecule has 0 aromatic heterocycles. The molecule has 10 atom stereocenters. The molecule has 14 nitrogen and oxygen atoms in total. The second-order valence-electron chi connectivity index (χ2n) is 9.51. The predicted molar refractivity (Wildman–Crippen MR) is 141 cm³/mol. The van der Waals surface area contributed by atoms with E-state index in [1.807, 2.05) is 19.0 Å². The van der Waals surface area contributed by atoms with E-state index in [2.05, 4.69) is 0 Å². The van der Waals surface area contributed by atoms with E-state index in [1.54, 1.807) is 21.3 Å². The van der Waals surface area contributed by atoms with Gasteiger partial charge in [0.2, 0.25) is 0 Å². The molecule has 0 saturated carbocycles. The summed E-state index contributed by atoms with van der Waals surface area (Å²) in [4.78, 5) is 25.5. The molecule has 0 amide bonds. The molecule has 1 fully saturated rings. The van der Waals surface area contributed by atoms with Crippen LogP contribution in [0.15, 0.2) is 0 Å². The van der Waals surface area contributed by atoms with E-state index in [-0.39, 0.29) is 25.9 Å². The van der Waals surface area contributed by atoms with Crippen molar-refractivity contribution in [1.82, 2.24) is 4.90 Å². The van der Waals surface area contributed by atoms with Crippen LogP contribution in [-0.4, -0.2) is 162 Å². The molecule has 40 heavy (non-hydrogen) atoms. The molecule has 0 spiro atoms. The van der Waals surface area contributed by atoms with Gasteiger partial charge in [0, 0.05) is 63.6 Å². The highest BCUT2D eigenvalue weighted by Crippen LogP contribution is 2.30. The Labute approximate surface area is 237 Å². The molecule has 0 N–H and O–H groups in total. The summed E-state index contributed by atoms with van der Waals surface area (Å²) in [6.45, 7) is 2.65. The third-order valence-corrected chi connectivity index (χ3v) is 6.79. The molecule has 14 heteroatoms. The van der Waals surface area contributed by atoms with Crippen LogP contribution in [0.4, 0.5) is 0 Å². The van der Waals surface area contributed by atoms with Crippen molar-refractivity contribution in [2.45, 2.75) is 75.0 Å². The third-order valence-electron chi connectivity index (χ3n) is 6.79. The predicted octanol–water partition coefficient (Wildman–Crippen LogP) is -0.111. The summed E-state index contributed by atoms with van der Waals surface area (Å²) in [6, 6.07) is -0.362. The van der Waals surface area contributed by atoms with Gasteiger partial charge in [0.1, 0.15) is 49.3 Å². The molecule has 1 aliphatic heterocycles. The number of hydrogen-bond acceptors (Lipinski definition) is 14. The number of esters is 2. The molecule has 1 heterocycles. The van der Waals surface area contributed by atoms with Crippen LogP contribution in [0.3, 0.4) is 0 Å². The van der Waals surface area contributed by atoms with Crippen LogP contribution in [-0.2, 0) is 61.7 Å². The molecule has 236 valence electrons. The van der Waals surface area contributed by atoms with Crippen LogP contribution in [0.1, 0.15) is 13.8 Å². The van der Waals surface area contributed by atoms with Crippen LogP contribution >= 0.6 is 0 Å². The smallest absolute Gasteiger partial charge is 0.303 e. The molecule has 1 saturated heterocycles. The SMILES string of the molecule is COC[C@H]1O[C@H](OC[C@H](OC)[C@@H](OC(C)=O)[C@@H](OC)[C@H](OC)[C@@H](COC(C)=O)OC)[C@H](N(C)C)[C@@H](OC)[C@@H]1OC. The molecule has 0 aromatic carbocycles. The Balaban J connectivity index is 3.29. The van der Waals surface area contributed by atoms with Crippen molar-refractivity contribution >= 4 is 11.9 Å². The highest BCUT2D eigenvalue weighted by Gasteiger charge is 2.49. The fourth-order valence-corrected chi connectivity index (χ4v) is 4.91. The van der Waals surface area contributed by atoms with Crippen LogP contribution in [0.2, 0.25) is 0 Å². The topological polar surface area (TPSA) is 139 Å². The average molecular weight is 584 g/mol. The van der Waals surface area contributed by atoms with Crippen LogP contribution in [0, 0.1) is 0 Å². The number of likely N-dealkylation sites (N-methyl/N-ethyl adjacent to an activating group) is 1. The van der Waals surface area contributed by atoms with Gasteiger partial charge >= 0.3 is 11.9 Å². The molecule has 1 aliphatic rings. The van der Waals surface area contributed by atoms with E-state index >= 15 is 0 Å². The summed E-state index contributed by atoms with van der Waals surface area (Å²) in [6.07, 6.45) is -6.35. The van der Waals surface area contributed by atoms with Crippen molar-refractivity contribution in [2.24, 2.45) is 0 Å². The molecule has 0 aromatic rings. The number of ether oxygens (including phenoxy) is 11. The summed E-state index contributed by atoms with van der Waals surface area (Å²) in [7, 11) is 14.3. The number of carbonyl (C=O) groups is 2. The van der Waals surface area contributed by atoms with Crippen molar-refractivity contribution < 1.29 is 61.7 Å². The number of nitrogens with zero attached hydrogens (tertiary/aromatic N) is 1. The fraction of sp³-hybridized carbons (Fsp3) is 0.923. The fourth-order valence-electron chi connectivity index (χ4n) is 4.91. The van der Waals surface area contributed by atoms with Gasteiger partial charge in [0.15, 0.2) is 12.4 Å². The zero-order chi connectivity index (χ0) is 30.4. The second-order valence-corrected chi connectivity index (χ2v) is 9.51. The van der Waals surface area contributed by atoms with Gasteiger partial charge in [-0.3, -0.25) is 14.5 Å². The number of hydrogen-bond donors (Lipinski definition) is 0. The lowest BCUT2D eigenvalue weighted by atomic mass is 9.95. The van der Waals surface area contributed by atoms with Crippen molar-refractivity contribution in [2.75, 3.05) is 83.7 Å². The Bertz CT molecular complexity index is 727. The van der Waals surface area contributed by atoms with E-state index in [4.69, 9.17) is 52.1 Å². The maximum absolute atomic E-state index is 12.2. The minimum Gasteiger partial charge on any atom is -0.463 e. The highest BCUT2D eigenvalue weighted by molar-refractivity contribution is 5.66. The van der Waals surface area contributed by atoms with Crippen molar-refractivity contribution in [1.29, 1.82) is 0 Å². The Hall–Kier alpha value is -1.46. The van der Waals surface area contributed by atoms with Gasteiger partial charge < -0.3 is 52.1 Å². The van der Waals surface area contributed by atoms with Gasteiger partial charge in [-0.2, -0.15) is 0 Å². The molecule has 0 radical (unpaired) electrons. The van der Waals surface area contributed by atoms with E-state index in [0.29, 0.717) is 0 Å². The quantitative estimate of drug-likeness (QED) is 0.187. The van der Waals surface area contributed by atoms with E-state index in [0.717, 1.165) is 0 Å². The summed E-state index contributed by atoms with van der Waals surface area (Å²) < 4.78 is 62.9. The van der Waals surface area contributed by atoms with Crippen LogP contribution < -0.4 is 0 Å². The van der Waals surface area contributed by atoms with Crippen molar-refractivity contribution in [3.05, 3.63) is 0 Å². The average Bonchev–Trinajstić information content (AvgIpc) is 2.91. The Morgan fingerprint density at radius 1 is 0.750 bits per heavy atom. The highest BCUT2D eigenvalue weighted by atomic mass is 16.7. The van der Waals surface area contributed by atoms with Crippen molar-refractivity contribution in [3.63, 3.8) is 0 Å². The van der Waals surface area contributed by atoms with Crippen LogP contribution in [0.25, 0.3) is 0 Å². The number of methoxy groups -OCH3 is 7. The standard InChI is InChI=1S/C26H49NO13/c1-15(28)37-13-17(31-6)21(33-8)25(36-11)23(39-16(2)29)18(32-7)14-38-26-20(27(3)4)24(35-10)22(34-9)19(40-26)12-30-5/h17-26H,12-14H2,1-11H3/t17-,18+,19-,20-,21-,22-,23-,24-,25+,26+/m1/s1. The lowest BCUT2D eigenvalue weighted by Gasteiger charge is -2.47. The maximum atomic E-state index is 12.2. The van der Waals surface area contributed by atoms with Crippen LogP contribution in [0.5, 0.6) is 0 Å². The summed E-state index contributed by atoms with van der Waals surface area (Å²) >= 11 is 0. The Morgan fingerprint density at radius 2 is 1.32 bits per heavy atom. The minimum atomic E-state index is -1.01. The first-order chi connectivity index (χ1) is 19.0. The normalized spacial score (nSPS) is 27.1. The van der Waals surface area contributed by atoms with Gasteiger partial charge in [-0.1, -0.05) is 0 Å². The van der Waals surface area contributed by atoms with E-state index < -0.39 is 67.1 Å². The van der Waals surface area contributed by atoms with Gasteiger partial charge in [0.05, 0.1) is 19.3 Å². The Kier molecular flexibility index (Phi) is 17.2. The minimum absolute atomic E-state index is 0.0604. The monoisotopic (exact) mass is 583 g/mol. The maximum Gasteiger partial charge on any atom is 0.303 e. The molecule has 0 unspecified atom stereocenters. The van der Waals surface area contributed by atoms with Gasteiger partial charge in [0.25, 0.3) is 0 Å². The number of carbonyl (C=O) groups excluding carboxylic acids is 2. The van der Waals surface area contributed by atoms with Gasteiger partial charge in [-0.25, -0.2) is 0 Å².